The van der Waals surface area contributed by atoms with E-state index in [2.05, 4.69) is 5.32 Å². The highest BCUT2D eigenvalue weighted by Gasteiger charge is 2.63. The smallest absolute Gasteiger partial charge is 0.309 e. The second-order valence-electron chi connectivity index (χ2n) is 7.60. The first-order chi connectivity index (χ1) is 13.3. The van der Waals surface area contributed by atoms with Gasteiger partial charge in [-0.25, -0.2) is 9.18 Å². The number of hydrogen-bond acceptors (Lipinski definition) is 3. The minimum absolute atomic E-state index is 0.200. The summed E-state index contributed by atoms with van der Waals surface area (Å²) >= 11 is 1.41. The Balaban J connectivity index is 1.82. The molecule has 146 valence electrons. The maximum Gasteiger partial charge on any atom is 0.323 e. The minimum Gasteiger partial charge on any atom is -0.309 e. The van der Waals surface area contributed by atoms with Crippen molar-refractivity contribution < 1.29 is 14.0 Å². The molecule has 5 nitrogen and oxygen atoms in total. The zero-order chi connectivity index (χ0) is 20.1. The van der Waals surface area contributed by atoms with Crippen LogP contribution in [-0.4, -0.2) is 34.7 Å². The van der Waals surface area contributed by atoms with E-state index in [1.165, 1.54) is 23.9 Å². The molecule has 2 aromatic carbocycles. The Kier molecular flexibility index (Phi) is 4.38. The lowest BCUT2D eigenvalue weighted by Crippen LogP contribution is -2.51. The van der Waals surface area contributed by atoms with Crippen molar-refractivity contribution in [1.82, 2.24) is 4.90 Å². The van der Waals surface area contributed by atoms with Crippen LogP contribution in [0.1, 0.15) is 26.3 Å². The Morgan fingerprint density at radius 3 is 2.61 bits per heavy atom. The minimum atomic E-state index is -1.27. The molecule has 1 saturated heterocycles. The molecule has 0 aromatic heterocycles. The number of urea groups is 1. The van der Waals surface area contributed by atoms with Gasteiger partial charge < -0.3 is 10.2 Å². The third-order valence-corrected chi connectivity index (χ3v) is 6.67. The van der Waals surface area contributed by atoms with E-state index in [-0.39, 0.29) is 16.7 Å². The average molecular weight is 399 g/mol. The van der Waals surface area contributed by atoms with E-state index in [1.807, 2.05) is 39.0 Å². The van der Waals surface area contributed by atoms with Crippen LogP contribution in [0.2, 0.25) is 0 Å². The molecule has 1 fully saturated rings. The van der Waals surface area contributed by atoms with Gasteiger partial charge >= 0.3 is 6.03 Å². The van der Waals surface area contributed by atoms with Gasteiger partial charge in [-0.2, -0.15) is 0 Å². The van der Waals surface area contributed by atoms with Crippen LogP contribution in [0.15, 0.2) is 48.5 Å². The monoisotopic (exact) mass is 399 g/mol. The number of thioether (sulfide) groups is 1. The molecule has 1 atom stereocenters. The van der Waals surface area contributed by atoms with Crippen LogP contribution in [-0.2, 0) is 9.67 Å². The van der Waals surface area contributed by atoms with Gasteiger partial charge in [0.25, 0.3) is 5.91 Å². The number of para-hydroxylation sites is 1. The van der Waals surface area contributed by atoms with E-state index in [4.69, 9.17) is 0 Å². The number of nitrogens with one attached hydrogen (secondary N) is 1. The van der Waals surface area contributed by atoms with Crippen molar-refractivity contribution in [3.05, 3.63) is 59.9 Å². The van der Waals surface area contributed by atoms with Gasteiger partial charge in [0.2, 0.25) is 0 Å². The van der Waals surface area contributed by atoms with Crippen molar-refractivity contribution in [1.29, 1.82) is 0 Å². The molecule has 2 aliphatic heterocycles. The number of anilines is 2. The van der Waals surface area contributed by atoms with Crippen LogP contribution in [0, 0.1) is 5.82 Å². The summed E-state index contributed by atoms with van der Waals surface area (Å²) in [5.74, 6) is -0.619. The lowest BCUT2D eigenvalue weighted by Gasteiger charge is -2.33. The standard InChI is InChI=1S/C21H22FN3O2S/c1-4-24-17-11-10-14(22)12-16(17)21(18(24)26)25(13-20(2,3)28-21)19(27)23-15-8-6-5-7-9-15/h5-12H,4,13H2,1-3H3,(H,23,27). The molecule has 0 radical (unpaired) electrons. The third kappa shape index (κ3) is 2.76. The number of rotatable bonds is 2. The van der Waals surface area contributed by atoms with Gasteiger partial charge in [0.05, 0.1) is 5.69 Å². The van der Waals surface area contributed by atoms with Gasteiger partial charge in [0.15, 0.2) is 4.87 Å². The fraction of sp³-hybridized carbons (Fsp3) is 0.333. The van der Waals surface area contributed by atoms with E-state index in [9.17, 15) is 14.0 Å². The Morgan fingerprint density at radius 2 is 1.93 bits per heavy atom. The SMILES string of the molecule is CCN1C(=O)C2(SC(C)(C)CN2C(=O)Nc2ccccc2)c2cc(F)ccc21. The van der Waals surface area contributed by atoms with Crippen molar-refractivity contribution in [3.8, 4) is 0 Å². The first-order valence-electron chi connectivity index (χ1n) is 9.24. The second-order valence-corrected chi connectivity index (χ2v) is 9.50. The summed E-state index contributed by atoms with van der Waals surface area (Å²) < 4.78 is 13.8. The van der Waals surface area contributed by atoms with Crippen LogP contribution in [0.3, 0.4) is 0 Å². The molecule has 3 amide bonds. The largest absolute Gasteiger partial charge is 0.323 e. The summed E-state index contributed by atoms with van der Waals surface area (Å²) in [5, 5.41) is 2.88. The van der Waals surface area contributed by atoms with E-state index in [1.54, 1.807) is 28.0 Å². The van der Waals surface area contributed by atoms with E-state index >= 15 is 0 Å². The maximum atomic E-state index is 14.2. The molecule has 2 aliphatic rings. The summed E-state index contributed by atoms with van der Waals surface area (Å²) in [5.41, 5.74) is 1.85. The lowest BCUT2D eigenvalue weighted by atomic mass is 10.0. The highest BCUT2D eigenvalue weighted by molar-refractivity contribution is 8.02. The number of halogens is 1. The highest BCUT2D eigenvalue weighted by Crippen LogP contribution is 2.59. The van der Waals surface area contributed by atoms with Gasteiger partial charge in [-0.15, -0.1) is 11.8 Å². The molecule has 0 saturated carbocycles. The summed E-state index contributed by atoms with van der Waals surface area (Å²) in [6.07, 6.45) is 0. The number of likely N-dealkylation sites (N-methyl/N-ethyl adjacent to an activating group) is 1. The molecule has 28 heavy (non-hydrogen) atoms. The molecule has 2 heterocycles. The third-order valence-electron chi connectivity index (χ3n) is 5.08. The zero-order valence-electron chi connectivity index (χ0n) is 16.0. The zero-order valence-corrected chi connectivity index (χ0v) is 16.8. The highest BCUT2D eigenvalue weighted by atomic mass is 32.2. The predicted molar refractivity (Wildman–Crippen MR) is 110 cm³/mol. The van der Waals surface area contributed by atoms with Gasteiger partial charge in [0, 0.05) is 29.1 Å². The van der Waals surface area contributed by atoms with Gasteiger partial charge in [-0.05, 0) is 51.1 Å². The fourth-order valence-electron chi connectivity index (χ4n) is 4.00. The number of hydrogen-bond donors (Lipinski definition) is 1. The number of carbonyl (C=O) groups excluding carboxylic acids is 2. The van der Waals surface area contributed by atoms with Crippen LogP contribution in [0.4, 0.5) is 20.6 Å². The molecule has 0 aliphatic carbocycles. The average Bonchev–Trinajstić information content (AvgIpc) is 3.07. The summed E-state index contributed by atoms with van der Waals surface area (Å²) in [4.78, 5) is 28.7. The van der Waals surface area contributed by atoms with Crippen LogP contribution in [0.25, 0.3) is 0 Å². The van der Waals surface area contributed by atoms with E-state index < -0.39 is 10.7 Å². The van der Waals surface area contributed by atoms with Crippen LogP contribution < -0.4 is 10.2 Å². The Hall–Kier alpha value is -2.54. The quantitative estimate of drug-likeness (QED) is 0.814. The van der Waals surface area contributed by atoms with Crippen molar-refractivity contribution in [2.75, 3.05) is 23.3 Å². The lowest BCUT2D eigenvalue weighted by molar-refractivity contribution is -0.123. The summed E-state index contributed by atoms with van der Waals surface area (Å²) in [7, 11) is 0. The second kappa shape index (κ2) is 6.51. The summed E-state index contributed by atoms with van der Waals surface area (Å²) in [6, 6.07) is 13.1. The van der Waals surface area contributed by atoms with E-state index in [0.29, 0.717) is 30.0 Å². The molecule has 2 aromatic rings. The number of nitrogens with zero attached hydrogens (tertiary/aromatic N) is 2. The topological polar surface area (TPSA) is 52.7 Å². The summed E-state index contributed by atoms with van der Waals surface area (Å²) in [6.45, 7) is 6.69. The fourth-order valence-corrected chi connectivity index (χ4v) is 5.72. The molecule has 4 rings (SSSR count). The normalized spacial score (nSPS) is 22.6. The first kappa shape index (κ1) is 18.8. The number of benzene rings is 2. The van der Waals surface area contributed by atoms with Crippen LogP contribution in [0.5, 0.6) is 0 Å². The van der Waals surface area contributed by atoms with Gasteiger partial charge in [0.1, 0.15) is 5.82 Å². The van der Waals surface area contributed by atoms with Gasteiger partial charge in [-0.3, -0.25) is 9.69 Å². The number of amides is 3. The Bertz CT molecular complexity index is 950. The van der Waals surface area contributed by atoms with Crippen molar-refractivity contribution in [3.63, 3.8) is 0 Å². The molecular weight excluding hydrogens is 377 g/mol. The molecule has 7 heteroatoms. The Morgan fingerprint density at radius 1 is 1.21 bits per heavy atom. The molecular formula is C21H22FN3O2S. The number of carbonyl (C=O) groups is 2. The van der Waals surface area contributed by atoms with Gasteiger partial charge in [-0.1, -0.05) is 18.2 Å². The molecule has 1 unspecified atom stereocenters. The molecule has 1 spiro atoms. The molecule has 1 N–H and O–H groups in total. The molecule has 0 bridgehead atoms. The maximum absolute atomic E-state index is 14.2. The number of fused-ring (bicyclic) bond motifs is 2. The predicted octanol–water partition coefficient (Wildman–Crippen LogP) is 4.40. The first-order valence-corrected chi connectivity index (χ1v) is 10.1. The van der Waals surface area contributed by atoms with Crippen molar-refractivity contribution in [2.45, 2.75) is 30.4 Å². The van der Waals surface area contributed by atoms with Crippen molar-refractivity contribution in [2.24, 2.45) is 0 Å². The van der Waals surface area contributed by atoms with Crippen molar-refractivity contribution >= 4 is 35.1 Å². The Labute approximate surface area is 167 Å². The van der Waals surface area contributed by atoms with Crippen LogP contribution >= 0.6 is 11.8 Å². The van der Waals surface area contributed by atoms with E-state index in [0.717, 1.165) is 0 Å².